The summed E-state index contributed by atoms with van der Waals surface area (Å²) < 4.78 is 5.51. The number of ether oxygens (including phenoxy) is 1. The number of likely N-dealkylation sites (tertiary alicyclic amines) is 1. The molecule has 2 heterocycles. The number of unbranched alkanes of at least 4 members (excludes halogenated alkanes) is 1. The topological polar surface area (TPSA) is 41.6 Å². The van der Waals surface area contributed by atoms with Gasteiger partial charge in [0.15, 0.2) is 0 Å². The van der Waals surface area contributed by atoms with Gasteiger partial charge in [-0.25, -0.2) is 0 Å². The molecule has 3 rings (SSSR count). The van der Waals surface area contributed by atoms with E-state index in [9.17, 15) is 4.79 Å². The average Bonchev–Trinajstić information content (AvgIpc) is 3.16. The first-order valence-corrected chi connectivity index (χ1v) is 9.45. The molecule has 2 saturated heterocycles. The van der Waals surface area contributed by atoms with Gasteiger partial charge < -0.3 is 15.0 Å². The lowest BCUT2D eigenvalue weighted by molar-refractivity contribution is -0.130. The zero-order valence-corrected chi connectivity index (χ0v) is 14.6. The number of carbonyl (C=O) groups is 1. The Bertz CT molecular complexity index is 506. The van der Waals surface area contributed by atoms with Crippen LogP contribution < -0.4 is 5.32 Å². The molecule has 4 heteroatoms. The van der Waals surface area contributed by atoms with Gasteiger partial charge >= 0.3 is 0 Å². The fraction of sp³-hybridized carbons (Fsp3) is 0.650. The highest BCUT2D eigenvalue weighted by molar-refractivity contribution is 5.88. The van der Waals surface area contributed by atoms with Crippen molar-refractivity contribution in [3.63, 3.8) is 0 Å². The maximum absolute atomic E-state index is 13.0. The van der Waals surface area contributed by atoms with Crippen LogP contribution in [0.3, 0.4) is 0 Å². The van der Waals surface area contributed by atoms with Crippen molar-refractivity contribution in [2.45, 2.75) is 43.9 Å². The highest BCUT2D eigenvalue weighted by Crippen LogP contribution is 2.35. The predicted octanol–water partition coefficient (Wildman–Crippen LogP) is 2.73. The third-order valence-electron chi connectivity index (χ3n) is 5.49. The molecule has 1 aromatic rings. The summed E-state index contributed by atoms with van der Waals surface area (Å²) in [6.07, 6.45) is 6.47. The van der Waals surface area contributed by atoms with E-state index in [4.69, 9.17) is 4.74 Å². The Kier molecular flexibility index (Phi) is 6.27. The van der Waals surface area contributed by atoms with E-state index in [1.807, 2.05) is 18.2 Å². The lowest BCUT2D eigenvalue weighted by Crippen LogP contribution is -2.48. The smallest absolute Gasteiger partial charge is 0.230 e. The zero-order valence-electron chi connectivity index (χ0n) is 14.6. The highest BCUT2D eigenvalue weighted by Gasteiger charge is 2.41. The van der Waals surface area contributed by atoms with Crippen LogP contribution in [0.4, 0.5) is 0 Å². The highest BCUT2D eigenvalue weighted by atomic mass is 16.5. The van der Waals surface area contributed by atoms with Crippen LogP contribution >= 0.6 is 0 Å². The molecule has 2 aliphatic rings. The molecule has 1 amide bonds. The minimum absolute atomic E-state index is 0.179. The first kappa shape index (κ1) is 17.4. The van der Waals surface area contributed by atoms with E-state index in [0.29, 0.717) is 13.2 Å². The Morgan fingerprint density at radius 3 is 2.50 bits per heavy atom. The van der Waals surface area contributed by atoms with Gasteiger partial charge in [0, 0.05) is 19.8 Å². The van der Waals surface area contributed by atoms with Crippen LogP contribution in [0.1, 0.15) is 44.1 Å². The van der Waals surface area contributed by atoms with E-state index in [0.717, 1.165) is 31.4 Å². The fourth-order valence-corrected chi connectivity index (χ4v) is 3.96. The molecular weight excluding hydrogens is 300 g/mol. The predicted molar refractivity (Wildman–Crippen MR) is 96.1 cm³/mol. The molecule has 2 aliphatic heterocycles. The van der Waals surface area contributed by atoms with Crippen LogP contribution in [0.5, 0.6) is 0 Å². The summed E-state index contributed by atoms with van der Waals surface area (Å²) in [5.74, 6) is 0.179. The summed E-state index contributed by atoms with van der Waals surface area (Å²) in [6, 6.07) is 10.2. The molecule has 0 aromatic heterocycles. The van der Waals surface area contributed by atoms with Crippen molar-refractivity contribution in [3.05, 3.63) is 35.9 Å². The molecule has 24 heavy (non-hydrogen) atoms. The van der Waals surface area contributed by atoms with Crippen LogP contribution in [0.2, 0.25) is 0 Å². The second-order valence-corrected chi connectivity index (χ2v) is 7.07. The first-order chi connectivity index (χ1) is 11.8. The van der Waals surface area contributed by atoms with Gasteiger partial charge in [0.1, 0.15) is 0 Å². The molecule has 0 radical (unpaired) electrons. The molecule has 132 valence electrons. The van der Waals surface area contributed by atoms with Crippen LogP contribution in [-0.2, 0) is 14.9 Å². The van der Waals surface area contributed by atoms with E-state index in [-0.39, 0.29) is 5.91 Å². The molecular formula is C20H30N2O2. The SMILES string of the molecule is O=C(NCCCCN1CCCC1)C1(c2ccccc2)CCOCC1. The quantitative estimate of drug-likeness (QED) is 0.782. The minimum Gasteiger partial charge on any atom is -0.381 e. The van der Waals surface area contributed by atoms with Gasteiger partial charge in [-0.05, 0) is 63.7 Å². The molecule has 1 aromatic carbocycles. The van der Waals surface area contributed by atoms with Crippen molar-refractivity contribution in [3.8, 4) is 0 Å². The molecule has 4 nitrogen and oxygen atoms in total. The summed E-state index contributed by atoms with van der Waals surface area (Å²) in [5, 5.41) is 3.20. The third-order valence-corrected chi connectivity index (χ3v) is 5.49. The number of nitrogens with zero attached hydrogens (tertiary/aromatic N) is 1. The van der Waals surface area contributed by atoms with Gasteiger partial charge in [-0.1, -0.05) is 30.3 Å². The van der Waals surface area contributed by atoms with Gasteiger partial charge in [0.25, 0.3) is 0 Å². The second-order valence-electron chi connectivity index (χ2n) is 7.07. The van der Waals surface area contributed by atoms with Crippen molar-refractivity contribution in [2.75, 3.05) is 39.4 Å². The lowest BCUT2D eigenvalue weighted by Gasteiger charge is -2.36. The van der Waals surface area contributed by atoms with Crippen LogP contribution in [-0.4, -0.2) is 50.2 Å². The normalized spacial score (nSPS) is 20.8. The number of amides is 1. The van der Waals surface area contributed by atoms with Gasteiger partial charge in [-0.15, -0.1) is 0 Å². The van der Waals surface area contributed by atoms with Crippen molar-refractivity contribution in [1.29, 1.82) is 0 Å². The van der Waals surface area contributed by atoms with Gasteiger partial charge in [-0.3, -0.25) is 4.79 Å². The number of hydrogen-bond acceptors (Lipinski definition) is 3. The van der Waals surface area contributed by atoms with Crippen molar-refractivity contribution < 1.29 is 9.53 Å². The number of carbonyl (C=O) groups excluding carboxylic acids is 1. The molecule has 0 spiro atoms. The largest absolute Gasteiger partial charge is 0.381 e. The van der Waals surface area contributed by atoms with Crippen molar-refractivity contribution in [2.24, 2.45) is 0 Å². The molecule has 0 aliphatic carbocycles. The molecule has 0 atom stereocenters. The number of benzene rings is 1. The van der Waals surface area contributed by atoms with E-state index < -0.39 is 5.41 Å². The Morgan fingerprint density at radius 1 is 1.08 bits per heavy atom. The molecule has 0 unspecified atom stereocenters. The van der Waals surface area contributed by atoms with Gasteiger partial charge in [0.05, 0.1) is 5.41 Å². The van der Waals surface area contributed by atoms with E-state index >= 15 is 0 Å². The molecule has 1 N–H and O–H groups in total. The molecule has 0 saturated carbocycles. The Balaban J connectivity index is 1.50. The summed E-state index contributed by atoms with van der Waals surface area (Å²) in [5.41, 5.74) is 0.719. The first-order valence-electron chi connectivity index (χ1n) is 9.45. The maximum Gasteiger partial charge on any atom is 0.230 e. The Labute approximate surface area is 145 Å². The van der Waals surface area contributed by atoms with E-state index in [1.165, 1.54) is 38.9 Å². The summed E-state index contributed by atoms with van der Waals surface area (Å²) in [6.45, 7) is 5.79. The van der Waals surface area contributed by atoms with Crippen molar-refractivity contribution in [1.82, 2.24) is 10.2 Å². The van der Waals surface area contributed by atoms with E-state index in [1.54, 1.807) is 0 Å². The molecule has 0 bridgehead atoms. The van der Waals surface area contributed by atoms with Crippen molar-refractivity contribution >= 4 is 5.91 Å². The standard InChI is InChI=1S/C20H30N2O2/c23-19(21-12-4-5-13-22-14-6-7-15-22)20(10-16-24-17-11-20)18-8-2-1-3-9-18/h1-3,8-9H,4-7,10-17H2,(H,21,23). The number of rotatable bonds is 7. The summed E-state index contributed by atoms with van der Waals surface area (Å²) >= 11 is 0. The van der Waals surface area contributed by atoms with Gasteiger partial charge in [0.2, 0.25) is 5.91 Å². The minimum atomic E-state index is -0.408. The van der Waals surface area contributed by atoms with Crippen LogP contribution in [0, 0.1) is 0 Å². The van der Waals surface area contributed by atoms with Crippen LogP contribution in [0.15, 0.2) is 30.3 Å². The summed E-state index contributed by atoms with van der Waals surface area (Å²) in [7, 11) is 0. The fourth-order valence-electron chi connectivity index (χ4n) is 3.96. The monoisotopic (exact) mass is 330 g/mol. The maximum atomic E-state index is 13.0. The lowest BCUT2D eigenvalue weighted by atomic mass is 9.73. The van der Waals surface area contributed by atoms with E-state index in [2.05, 4.69) is 22.3 Å². The summed E-state index contributed by atoms with van der Waals surface area (Å²) in [4.78, 5) is 15.5. The number of hydrogen-bond donors (Lipinski definition) is 1. The third kappa shape index (κ3) is 4.17. The molecule has 2 fully saturated rings. The zero-order chi connectivity index (χ0) is 16.7. The Hall–Kier alpha value is -1.39. The second kappa shape index (κ2) is 8.63. The van der Waals surface area contributed by atoms with Gasteiger partial charge in [-0.2, -0.15) is 0 Å². The Morgan fingerprint density at radius 2 is 1.79 bits per heavy atom. The number of nitrogens with one attached hydrogen (secondary N) is 1. The van der Waals surface area contributed by atoms with Crippen LogP contribution in [0.25, 0.3) is 0 Å². The average molecular weight is 330 g/mol.